The summed E-state index contributed by atoms with van der Waals surface area (Å²) < 4.78 is 7.40. The van der Waals surface area contributed by atoms with Gasteiger partial charge in [0.1, 0.15) is 28.2 Å². The zero-order chi connectivity index (χ0) is 19.5. The minimum Gasteiger partial charge on any atom is -0.497 e. The van der Waals surface area contributed by atoms with Crippen molar-refractivity contribution >= 4 is 40.0 Å². The van der Waals surface area contributed by atoms with Gasteiger partial charge in [0.25, 0.3) is 0 Å². The third kappa shape index (κ3) is 4.07. The van der Waals surface area contributed by atoms with Crippen molar-refractivity contribution in [3.63, 3.8) is 0 Å². The van der Waals surface area contributed by atoms with E-state index in [4.69, 9.17) is 4.74 Å². The Morgan fingerprint density at radius 2 is 2.00 bits per heavy atom. The molecule has 152 valence electrons. The summed E-state index contributed by atoms with van der Waals surface area (Å²) in [5.41, 5.74) is 2.79. The normalized spacial score (nSPS) is 17.6. The molecule has 6 nitrogen and oxygen atoms in total. The van der Waals surface area contributed by atoms with Crippen molar-refractivity contribution in [2.24, 2.45) is 0 Å². The van der Waals surface area contributed by atoms with Gasteiger partial charge in [0, 0.05) is 24.9 Å². The molecule has 3 heterocycles. The predicted octanol–water partition coefficient (Wildman–Crippen LogP) is 4.85. The van der Waals surface area contributed by atoms with Crippen molar-refractivity contribution in [2.45, 2.75) is 39.2 Å². The molecule has 0 N–H and O–H groups in total. The Balaban J connectivity index is 0.00000240. The van der Waals surface area contributed by atoms with Crippen molar-refractivity contribution in [3.8, 4) is 11.8 Å². The molecule has 0 fully saturated rings. The summed E-state index contributed by atoms with van der Waals surface area (Å²) in [5.74, 6) is 2.53. The SMILES string of the molecule is Br.CCN1C(c2ccc(OC)cc2)=CS/C1=C(\C#N)c1nnc2n1CCCCC2. The number of methoxy groups -OCH3 is 1. The van der Waals surface area contributed by atoms with E-state index in [1.165, 1.54) is 6.42 Å². The first-order valence-corrected chi connectivity index (χ1v) is 10.5. The molecule has 1 aromatic heterocycles. The van der Waals surface area contributed by atoms with Gasteiger partial charge < -0.3 is 14.2 Å². The number of fused-ring (bicyclic) bond motifs is 1. The smallest absolute Gasteiger partial charge is 0.177 e. The molecule has 8 heteroatoms. The number of nitrogens with zero attached hydrogens (tertiary/aromatic N) is 5. The summed E-state index contributed by atoms with van der Waals surface area (Å²) in [5, 5.41) is 21.8. The van der Waals surface area contributed by atoms with Crippen LogP contribution >= 0.6 is 28.7 Å². The standard InChI is InChI=1S/C21H23N5OS.BrH/c1-3-25-18(15-8-10-16(27-2)11-9-15)14-28-21(25)17(13-22)20-24-23-19-7-5-4-6-12-26(19)20;/h8-11,14H,3-7,12H2,1-2H3;1H/b21-17+;. The second-order valence-corrected chi connectivity index (χ2v) is 7.65. The molecule has 0 radical (unpaired) electrons. The number of nitriles is 1. The molecular weight excluding hydrogens is 450 g/mol. The first-order valence-electron chi connectivity index (χ1n) is 9.62. The Bertz CT molecular complexity index is 974. The lowest BCUT2D eigenvalue weighted by Crippen LogP contribution is -2.18. The molecule has 4 rings (SSSR count). The summed E-state index contributed by atoms with van der Waals surface area (Å²) in [6, 6.07) is 10.4. The van der Waals surface area contributed by atoms with Gasteiger partial charge in [0.05, 0.1) is 12.8 Å². The van der Waals surface area contributed by atoms with Crippen LogP contribution in [-0.2, 0) is 13.0 Å². The van der Waals surface area contributed by atoms with Gasteiger partial charge in [-0.15, -0.1) is 27.2 Å². The first kappa shape index (κ1) is 21.5. The van der Waals surface area contributed by atoms with Gasteiger partial charge >= 0.3 is 0 Å². The number of aryl methyl sites for hydroxylation is 1. The number of thioether (sulfide) groups is 1. The number of aromatic nitrogens is 3. The zero-order valence-electron chi connectivity index (χ0n) is 16.6. The molecule has 0 bridgehead atoms. The van der Waals surface area contributed by atoms with Crippen LogP contribution in [0.15, 0.2) is 34.7 Å². The average molecular weight is 474 g/mol. The van der Waals surface area contributed by atoms with Crippen LogP contribution in [-0.4, -0.2) is 33.3 Å². The Hall–Kier alpha value is -2.24. The molecule has 2 aliphatic heterocycles. The lowest BCUT2D eigenvalue weighted by Gasteiger charge is -2.23. The quantitative estimate of drug-likeness (QED) is 0.591. The summed E-state index contributed by atoms with van der Waals surface area (Å²) in [4.78, 5) is 2.18. The Morgan fingerprint density at radius 3 is 2.69 bits per heavy atom. The molecule has 0 amide bonds. The zero-order valence-corrected chi connectivity index (χ0v) is 19.1. The van der Waals surface area contributed by atoms with E-state index in [2.05, 4.69) is 38.1 Å². The Kier molecular flexibility index (Phi) is 7.04. The topological polar surface area (TPSA) is 67.0 Å². The third-order valence-corrected chi connectivity index (χ3v) is 6.17. The fourth-order valence-electron chi connectivity index (χ4n) is 3.71. The molecule has 2 aromatic rings. The van der Waals surface area contributed by atoms with Gasteiger partial charge in [0.2, 0.25) is 0 Å². The fourth-order valence-corrected chi connectivity index (χ4v) is 4.80. The van der Waals surface area contributed by atoms with Crippen LogP contribution in [0.5, 0.6) is 5.75 Å². The lowest BCUT2D eigenvalue weighted by atomic mass is 10.1. The molecule has 29 heavy (non-hydrogen) atoms. The third-order valence-electron chi connectivity index (χ3n) is 5.18. The summed E-state index contributed by atoms with van der Waals surface area (Å²) in [7, 11) is 1.67. The van der Waals surface area contributed by atoms with Crippen LogP contribution in [0.1, 0.15) is 43.4 Å². The van der Waals surface area contributed by atoms with E-state index in [1.807, 2.05) is 24.3 Å². The minimum atomic E-state index is 0. The largest absolute Gasteiger partial charge is 0.497 e. The second kappa shape index (κ2) is 9.51. The lowest BCUT2D eigenvalue weighted by molar-refractivity contribution is 0.414. The van der Waals surface area contributed by atoms with Crippen LogP contribution in [0.2, 0.25) is 0 Å². The van der Waals surface area contributed by atoms with Crippen LogP contribution in [0, 0.1) is 11.3 Å². The van der Waals surface area contributed by atoms with Crippen molar-refractivity contribution in [1.29, 1.82) is 5.26 Å². The van der Waals surface area contributed by atoms with Gasteiger partial charge in [0.15, 0.2) is 5.82 Å². The monoisotopic (exact) mass is 473 g/mol. The molecule has 0 atom stereocenters. The van der Waals surface area contributed by atoms with Crippen LogP contribution in [0.25, 0.3) is 11.3 Å². The van der Waals surface area contributed by atoms with Gasteiger partial charge in [-0.3, -0.25) is 0 Å². The van der Waals surface area contributed by atoms with E-state index < -0.39 is 0 Å². The number of rotatable bonds is 4. The van der Waals surface area contributed by atoms with E-state index in [1.54, 1.807) is 18.9 Å². The van der Waals surface area contributed by atoms with Gasteiger partial charge in [-0.25, -0.2) is 0 Å². The number of allylic oxidation sites excluding steroid dienone is 1. The van der Waals surface area contributed by atoms with Gasteiger partial charge in [-0.05, 0) is 49.6 Å². The molecule has 1 aromatic carbocycles. The average Bonchev–Trinajstić information content (AvgIpc) is 3.26. The molecular formula is C21H24BrN5OS. The van der Waals surface area contributed by atoms with Crippen molar-refractivity contribution in [3.05, 3.63) is 51.9 Å². The van der Waals surface area contributed by atoms with Crippen LogP contribution in [0.3, 0.4) is 0 Å². The highest BCUT2D eigenvalue weighted by Gasteiger charge is 2.28. The first-order chi connectivity index (χ1) is 13.8. The van der Waals surface area contributed by atoms with E-state index >= 15 is 0 Å². The van der Waals surface area contributed by atoms with Crippen molar-refractivity contribution in [2.75, 3.05) is 13.7 Å². The molecule has 0 unspecified atom stereocenters. The maximum absolute atomic E-state index is 10.00. The van der Waals surface area contributed by atoms with E-state index in [0.717, 1.165) is 60.2 Å². The van der Waals surface area contributed by atoms with E-state index in [0.29, 0.717) is 11.4 Å². The number of halogens is 1. The highest BCUT2D eigenvalue weighted by molar-refractivity contribution is 8.93. The van der Waals surface area contributed by atoms with E-state index in [9.17, 15) is 5.26 Å². The van der Waals surface area contributed by atoms with Crippen molar-refractivity contribution in [1.82, 2.24) is 19.7 Å². The Morgan fingerprint density at radius 1 is 1.21 bits per heavy atom. The van der Waals surface area contributed by atoms with E-state index in [-0.39, 0.29) is 17.0 Å². The second-order valence-electron chi connectivity index (χ2n) is 6.79. The molecule has 0 aliphatic carbocycles. The van der Waals surface area contributed by atoms with Crippen molar-refractivity contribution < 1.29 is 4.74 Å². The number of ether oxygens (including phenoxy) is 1. The van der Waals surface area contributed by atoms with Gasteiger partial charge in [-0.2, -0.15) is 5.26 Å². The maximum atomic E-state index is 10.00. The summed E-state index contributed by atoms with van der Waals surface area (Å²) >= 11 is 1.58. The van der Waals surface area contributed by atoms with Crippen LogP contribution in [0.4, 0.5) is 0 Å². The predicted molar refractivity (Wildman–Crippen MR) is 121 cm³/mol. The van der Waals surface area contributed by atoms with Gasteiger partial charge in [-0.1, -0.05) is 18.2 Å². The number of hydrogen-bond acceptors (Lipinski definition) is 6. The molecule has 0 saturated heterocycles. The highest BCUT2D eigenvalue weighted by Crippen LogP contribution is 2.43. The maximum Gasteiger partial charge on any atom is 0.177 e. The Labute approximate surface area is 186 Å². The molecule has 0 saturated carbocycles. The summed E-state index contributed by atoms with van der Waals surface area (Å²) in [6.45, 7) is 3.75. The van der Waals surface area contributed by atoms with Crippen LogP contribution < -0.4 is 4.74 Å². The highest BCUT2D eigenvalue weighted by atomic mass is 79.9. The summed E-state index contributed by atoms with van der Waals surface area (Å²) in [6.07, 6.45) is 4.36. The number of benzene rings is 1. The minimum absolute atomic E-state index is 0. The molecule has 2 aliphatic rings. The molecule has 0 spiro atoms. The number of hydrogen-bond donors (Lipinski definition) is 0. The fraction of sp³-hybridized carbons (Fsp3) is 0.381.